The molecule has 0 radical (unpaired) electrons. The number of carboxylic acids is 1. The van der Waals surface area contributed by atoms with Crippen LogP contribution < -0.4 is 0 Å². The van der Waals surface area contributed by atoms with Gasteiger partial charge < -0.3 is 19.5 Å². The molecule has 1 aromatic carbocycles. The lowest BCUT2D eigenvalue weighted by Crippen LogP contribution is -2.37. The van der Waals surface area contributed by atoms with Gasteiger partial charge in [0.2, 0.25) is 0 Å². The number of hydrogen-bond acceptors (Lipinski definition) is 6. The Bertz CT molecular complexity index is 975. The average molecular weight is 447 g/mol. The molecule has 8 heteroatoms. The Morgan fingerprint density at radius 2 is 1.90 bits per heavy atom. The van der Waals surface area contributed by atoms with Crippen molar-refractivity contribution in [2.45, 2.75) is 46.6 Å². The van der Waals surface area contributed by atoms with Gasteiger partial charge in [0, 0.05) is 24.5 Å². The van der Waals surface area contributed by atoms with E-state index in [1.165, 1.54) is 0 Å². The molecule has 1 atom stereocenters. The van der Waals surface area contributed by atoms with Crippen molar-refractivity contribution >= 4 is 23.5 Å². The Morgan fingerprint density at radius 3 is 2.45 bits per heavy atom. The van der Waals surface area contributed by atoms with E-state index in [2.05, 4.69) is 0 Å². The molecule has 0 spiro atoms. The molecule has 1 unspecified atom stereocenters. The Labute approximate surface area is 187 Å². The molecule has 0 saturated carbocycles. The van der Waals surface area contributed by atoms with Gasteiger partial charge in [-0.15, -0.1) is 0 Å². The summed E-state index contributed by atoms with van der Waals surface area (Å²) in [6.45, 7) is 10.0. The molecule has 0 bridgehead atoms. The fourth-order valence-corrected chi connectivity index (χ4v) is 4.01. The lowest BCUT2D eigenvalue weighted by molar-refractivity contribution is -0.143. The minimum absolute atomic E-state index is 0.00907. The number of esters is 1. The first-order valence-electron chi connectivity index (χ1n) is 10.0. The molecule has 166 valence electrons. The Hall–Kier alpha value is -2.82. The molecule has 1 N–H and O–H groups in total. The smallest absolute Gasteiger partial charge is 0.337 e. The molecule has 31 heavy (non-hydrogen) atoms. The van der Waals surface area contributed by atoms with E-state index in [0.29, 0.717) is 36.7 Å². The molecule has 0 saturated heterocycles. The maximum atomic E-state index is 13.2. The standard InChI is InChI=1S/C23H27ClN2O5/c1-6-30-11-10-26-14(4)18(22(27)28)20(17-9-7-8-16(12-25)21(17)24)19(15(26)5)23(29)31-13(2)3/h7-9,13,20H,6,10-11H2,1-5H3,(H,27,28). The van der Waals surface area contributed by atoms with Crippen LogP contribution in [0.4, 0.5) is 0 Å². The summed E-state index contributed by atoms with van der Waals surface area (Å²) in [7, 11) is 0. The summed E-state index contributed by atoms with van der Waals surface area (Å²) in [6.07, 6.45) is -0.397. The summed E-state index contributed by atoms with van der Waals surface area (Å²) in [5, 5.41) is 19.6. The van der Waals surface area contributed by atoms with Crippen LogP contribution in [-0.2, 0) is 19.1 Å². The number of aliphatic carboxylic acids is 1. The minimum Gasteiger partial charge on any atom is -0.478 e. The van der Waals surface area contributed by atoms with Gasteiger partial charge >= 0.3 is 11.9 Å². The summed E-state index contributed by atoms with van der Waals surface area (Å²) < 4.78 is 10.9. The predicted octanol–water partition coefficient (Wildman–Crippen LogP) is 4.23. The van der Waals surface area contributed by atoms with Gasteiger partial charge in [0.15, 0.2) is 0 Å². The minimum atomic E-state index is -1.18. The highest BCUT2D eigenvalue weighted by Gasteiger charge is 2.41. The molecule has 0 aromatic heterocycles. The molecule has 7 nitrogen and oxygen atoms in total. The van der Waals surface area contributed by atoms with E-state index in [-0.39, 0.29) is 21.7 Å². The van der Waals surface area contributed by atoms with Crippen LogP contribution in [-0.4, -0.2) is 47.8 Å². The number of carbonyl (C=O) groups is 2. The van der Waals surface area contributed by atoms with Gasteiger partial charge in [-0.1, -0.05) is 23.7 Å². The van der Waals surface area contributed by atoms with Crippen molar-refractivity contribution < 1.29 is 24.2 Å². The highest BCUT2D eigenvalue weighted by molar-refractivity contribution is 6.32. The topological polar surface area (TPSA) is 99.9 Å². The number of carbonyl (C=O) groups excluding carboxylic acids is 1. The number of ether oxygens (including phenoxy) is 2. The zero-order valence-corrected chi connectivity index (χ0v) is 19.1. The molecule has 1 aromatic rings. The largest absolute Gasteiger partial charge is 0.478 e. The van der Waals surface area contributed by atoms with Gasteiger partial charge in [-0.05, 0) is 46.2 Å². The fourth-order valence-electron chi connectivity index (χ4n) is 3.73. The molecule has 1 aliphatic rings. The number of carboxylic acid groups (broad SMARTS) is 1. The zero-order valence-electron chi connectivity index (χ0n) is 18.4. The number of allylic oxidation sites excluding steroid dienone is 2. The normalized spacial score (nSPS) is 16.6. The molecule has 1 aliphatic heterocycles. The van der Waals surface area contributed by atoms with Crippen molar-refractivity contribution in [3.05, 3.63) is 56.9 Å². The van der Waals surface area contributed by atoms with Crippen molar-refractivity contribution in [3.63, 3.8) is 0 Å². The second-order valence-corrected chi connectivity index (χ2v) is 7.74. The van der Waals surface area contributed by atoms with E-state index < -0.39 is 24.0 Å². The maximum absolute atomic E-state index is 13.2. The number of nitriles is 1. The second-order valence-electron chi connectivity index (χ2n) is 7.36. The van der Waals surface area contributed by atoms with Crippen LogP contribution in [0.2, 0.25) is 5.02 Å². The molecular formula is C23H27ClN2O5. The number of halogens is 1. The number of benzene rings is 1. The van der Waals surface area contributed by atoms with Gasteiger partial charge in [-0.25, -0.2) is 9.59 Å². The molecule has 0 fully saturated rings. The van der Waals surface area contributed by atoms with Crippen molar-refractivity contribution in [2.75, 3.05) is 19.8 Å². The van der Waals surface area contributed by atoms with E-state index in [1.54, 1.807) is 50.8 Å². The van der Waals surface area contributed by atoms with E-state index in [1.807, 2.05) is 13.0 Å². The summed E-state index contributed by atoms with van der Waals surface area (Å²) in [6, 6.07) is 6.81. The highest BCUT2D eigenvalue weighted by atomic mass is 35.5. The second kappa shape index (κ2) is 10.5. The highest BCUT2D eigenvalue weighted by Crippen LogP contribution is 2.45. The van der Waals surface area contributed by atoms with Crippen LogP contribution in [0.25, 0.3) is 0 Å². The van der Waals surface area contributed by atoms with Crippen molar-refractivity contribution in [2.24, 2.45) is 0 Å². The summed E-state index contributed by atoms with van der Waals surface area (Å²) in [5.41, 5.74) is 1.82. The van der Waals surface area contributed by atoms with Gasteiger partial charge in [-0.3, -0.25) is 0 Å². The number of hydrogen-bond donors (Lipinski definition) is 1. The Morgan fingerprint density at radius 1 is 1.26 bits per heavy atom. The van der Waals surface area contributed by atoms with Crippen LogP contribution in [0, 0.1) is 11.3 Å². The third kappa shape index (κ3) is 5.09. The average Bonchev–Trinajstić information content (AvgIpc) is 2.69. The van der Waals surface area contributed by atoms with E-state index in [4.69, 9.17) is 21.1 Å². The summed E-state index contributed by atoms with van der Waals surface area (Å²) in [4.78, 5) is 27.3. The quantitative estimate of drug-likeness (QED) is 0.471. The van der Waals surface area contributed by atoms with Gasteiger partial charge in [-0.2, -0.15) is 5.26 Å². The van der Waals surface area contributed by atoms with Gasteiger partial charge in [0.05, 0.1) is 40.4 Å². The lowest BCUT2D eigenvalue weighted by atomic mass is 9.79. The first-order valence-corrected chi connectivity index (χ1v) is 10.4. The molecule has 2 rings (SSSR count). The third-order valence-corrected chi connectivity index (χ3v) is 5.50. The van der Waals surface area contributed by atoms with Crippen LogP contribution in [0.3, 0.4) is 0 Å². The molecule has 0 aliphatic carbocycles. The van der Waals surface area contributed by atoms with Gasteiger partial charge in [0.1, 0.15) is 6.07 Å². The maximum Gasteiger partial charge on any atom is 0.337 e. The number of rotatable bonds is 8. The Kier molecular flexibility index (Phi) is 8.26. The summed E-state index contributed by atoms with van der Waals surface area (Å²) >= 11 is 6.48. The van der Waals surface area contributed by atoms with Crippen molar-refractivity contribution in [3.8, 4) is 6.07 Å². The molecule has 1 heterocycles. The number of nitrogens with zero attached hydrogens (tertiary/aromatic N) is 2. The van der Waals surface area contributed by atoms with E-state index >= 15 is 0 Å². The van der Waals surface area contributed by atoms with E-state index in [9.17, 15) is 20.0 Å². The molecular weight excluding hydrogens is 420 g/mol. The SMILES string of the molecule is CCOCCN1C(C)=C(C(=O)O)C(c2cccc(C#N)c2Cl)C(C(=O)OC(C)C)=C1C. The summed E-state index contributed by atoms with van der Waals surface area (Å²) in [5.74, 6) is -2.78. The lowest BCUT2D eigenvalue weighted by Gasteiger charge is -2.38. The Balaban J connectivity index is 2.78. The third-order valence-electron chi connectivity index (χ3n) is 5.08. The van der Waals surface area contributed by atoms with Crippen LogP contribution in [0.5, 0.6) is 0 Å². The fraction of sp³-hybridized carbons (Fsp3) is 0.435. The van der Waals surface area contributed by atoms with E-state index in [0.717, 1.165) is 0 Å². The molecule has 0 amide bonds. The van der Waals surface area contributed by atoms with Gasteiger partial charge in [0.25, 0.3) is 0 Å². The van der Waals surface area contributed by atoms with Crippen molar-refractivity contribution in [1.29, 1.82) is 5.26 Å². The van der Waals surface area contributed by atoms with Crippen LogP contribution >= 0.6 is 11.6 Å². The van der Waals surface area contributed by atoms with Crippen LogP contribution in [0.15, 0.2) is 40.7 Å². The zero-order chi connectivity index (χ0) is 23.3. The van der Waals surface area contributed by atoms with Crippen LogP contribution in [0.1, 0.15) is 51.7 Å². The predicted molar refractivity (Wildman–Crippen MR) is 116 cm³/mol. The monoisotopic (exact) mass is 446 g/mol. The first-order chi connectivity index (χ1) is 14.6. The first kappa shape index (κ1) is 24.4. The van der Waals surface area contributed by atoms with Crippen molar-refractivity contribution in [1.82, 2.24) is 4.90 Å².